The highest BCUT2D eigenvalue weighted by molar-refractivity contribution is 5.93. The van der Waals surface area contributed by atoms with E-state index in [4.69, 9.17) is 0 Å². The largest absolute Gasteiger partial charge is 0.394 e. The van der Waals surface area contributed by atoms with Crippen LogP contribution < -0.4 is 0 Å². The van der Waals surface area contributed by atoms with Crippen LogP contribution in [-0.4, -0.2) is 45.3 Å². The fourth-order valence-corrected chi connectivity index (χ4v) is 2.64. The number of carbonyl (C=O) groups excluding carboxylic acids is 1. The number of nitrogens with zero attached hydrogens (tertiary/aromatic N) is 2. The summed E-state index contributed by atoms with van der Waals surface area (Å²) in [6.45, 7) is 0.717. The monoisotopic (exact) mass is 271 g/mol. The van der Waals surface area contributed by atoms with Gasteiger partial charge in [0.15, 0.2) is 0 Å². The Labute approximate surface area is 117 Å². The first-order chi connectivity index (χ1) is 9.79. The van der Waals surface area contributed by atoms with Crippen molar-refractivity contribution in [3.05, 3.63) is 42.1 Å². The average molecular weight is 271 g/mol. The van der Waals surface area contributed by atoms with Crippen LogP contribution in [0.25, 0.3) is 11.3 Å². The minimum Gasteiger partial charge on any atom is -0.394 e. The number of benzene rings is 1. The van der Waals surface area contributed by atoms with E-state index >= 15 is 0 Å². The van der Waals surface area contributed by atoms with Gasteiger partial charge in [0.1, 0.15) is 5.69 Å². The van der Waals surface area contributed by atoms with Gasteiger partial charge >= 0.3 is 0 Å². The number of amides is 1. The van der Waals surface area contributed by atoms with Crippen molar-refractivity contribution >= 4 is 5.91 Å². The SMILES string of the molecule is O=C(c1cc(-c2ccccc2)n[nH]1)N1CCC[C@@H]1CO. The summed E-state index contributed by atoms with van der Waals surface area (Å²) in [5.74, 6) is -0.0868. The highest BCUT2D eigenvalue weighted by atomic mass is 16.3. The second-order valence-electron chi connectivity index (χ2n) is 5.01. The number of nitrogens with one attached hydrogen (secondary N) is 1. The molecule has 0 radical (unpaired) electrons. The first-order valence-corrected chi connectivity index (χ1v) is 6.82. The van der Waals surface area contributed by atoms with Crippen molar-refractivity contribution in [2.75, 3.05) is 13.2 Å². The highest BCUT2D eigenvalue weighted by Gasteiger charge is 2.29. The lowest BCUT2D eigenvalue weighted by Crippen LogP contribution is -2.37. The molecule has 2 N–H and O–H groups in total. The number of hydrogen-bond donors (Lipinski definition) is 2. The molecule has 0 spiro atoms. The second kappa shape index (κ2) is 5.46. The summed E-state index contributed by atoms with van der Waals surface area (Å²) in [4.78, 5) is 14.1. The van der Waals surface area contributed by atoms with Crippen molar-refractivity contribution in [3.8, 4) is 11.3 Å². The Kier molecular flexibility index (Phi) is 3.52. The fourth-order valence-electron chi connectivity index (χ4n) is 2.64. The molecule has 2 aromatic rings. The number of aromatic nitrogens is 2. The zero-order chi connectivity index (χ0) is 13.9. The van der Waals surface area contributed by atoms with Gasteiger partial charge in [-0.3, -0.25) is 9.89 Å². The molecule has 1 aromatic carbocycles. The van der Waals surface area contributed by atoms with E-state index in [1.165, 1.54) is 0 Å². The van der Waals surface area contributed by atoms with E-state index in [0.29, 0.717) is 12.2 Å². The van der Waals surface area contributed by atoms with Gasteiger partial charge in [-0.2, -0.15) is 5.10 Å². The van der Waals surface area contributed by atoms with Crippen molar-refractivity contribution in [3.63, 3.8) is 0 Å². The van der Waals surface area contributed by atoms with Crippen LogP contribution in [-0.2, 0) is 0 Å². The summed E-state index contributed by atoms with van der Waals surface area (Å²) in [7, 11) is 0. The zero-order valence-corrected chi connectivity index (χ0v) is 11.1. The minimum atomic E-state index is -0.0868. The van der Waals surface area contributed by atoms with Crippen LogP contribution in [0, 0.1) is 0 Å². The van der Waals surface area contributed by atoms with Crippen molar-refractivity contribution < 1.29 is 9.90 Å². The summed E-state index contributed by atoms with van der Waals surface area (Å²) in [5.41, 5.74) is 2.21. The zero-order valence-electron chi connectivity index (χ0n) is 11.1. The number of rotatable bonds is 3. The molecule has 104 valence electrons. The molecule has 0 aliphatic carbocycles. The molecule has 1 atom stereocenters. The van der Waals surface area contributed by atoms with Crippen LogP contribution in [0.2, 0.25) is 0 Å². The molecular weight excluding hydrogens is 254 g/mol. The molecule has 1 saturated heterocycles. The molecule has 1 aromatic heterocycles. The van der Waals surface area contributed by atoms with Gasteiger partial charge in [-0.05, 0) is 18.9 Å². The third-order valence-electron chi connectivity index (χ3n) is 3.73. The van der Waals surface area contributed by atoms with Crippen LogP contribution in [0.1, 0.15) is 23.3 Å². The smallest absolute Gasteiger partial charge is 0.272 e. The molecule has 1 fully saturated rings. The summed E-state index contributed by atoms with van der Waals surface area (Å²) in [5, 5.41) is 16.3. The van der Waals surface area contributed by atoms with E-state index < -0.39 is 0 Å². The van der Waals surface area contributed by atoms with Gasteiger partial charge in [0.25, 0.3) is 5.91 Å². The standard InChI is InChI=1S/C15H17N3O2/c19-10-12-7-4-8-18(12)15(20)14-9-13(16-17-14)11-5-2-1-3-6-11/h1-3,5-6,9,12,19H,4,7-8,10H2,(H,16,17)/t12-/m1/s1. The third-order valence-corrected chi connectivity index (χ3v) is 3.73. The van der Waals surface area contributed by atoms with Gasteiger partial charge < -0.3 is 10.0 Å². The summed E-state index contributed by atoms with van der Waals surface area (Å²) in [6, 6.07) is 11.4. The summed E-state index contributed by atoms with van der Waals surface area (Å²) >= 11 is 0. The first kappa shape index (κ1) is 12.9. The Morgan fingerprint density at radius 3 is 2.95 bits per heavy atom. The van der Waals surface area contributed by atoms with E-state index in [9.17, 15) is 9.90 Å². The van der Waals surface area contributed by atoms with Crippen molar-refractivity contribution in [2.24, 2.45) is 0 Å². The maximum absolute atomic E-state index is 12.4. The lowest BCUT2D eigenvalue weighted by atomic mass is 10.1. The molecule has 0 saturated carbocycles. The van der Waals surface area contributed by atoms with Crippen molar-refractivity contribution in [1.29, 1.82) is 0 Å². The van der Waals surface area contributed by atoms with E-state index in [-0.39, 0.29) is 18.6 Å². The van der Waals surface area contributed by atoms with Crippen LogP contribution in [0.15, 0.2) is 36.4 Å². The van der Waals surface area contributed by atoms with Crippen LogP contribution in [0.5, 0.6) is 0 Å². The first-order valence-electron chi connectivity index (χ1n) is 6.82. The predicted molar refractivity (Wildman–Crippen MR) is 75.2 cm³/mol. The Hall–Kier alpha value is -2.14. The molecule has 20 heavy (non-hydrogen) atoms. The molecule has 0 bridgehead atoms. The normalized spacial score (nSPS) is 18.4. The minimum absolute atomic E-state index is 0.0193. The molecule has 5 heteroatoms. The molecule has 3 rings (SSSR count). The molecular formula is C15H17N3O2. The highest BCUT2D eigenvalue weighted by Crippen LogP contribution is 2.21. The number of aliphatic hydroxyl groups excluding tert-OH is 1. The topological polar surface area (TPSA) is 69.2 Å². The summed E-state index contributed by atoms with van der Waals surface area (Å²) in [6.07, 6.45) is 1.80. The van der Waals surface area contributed by atoms with Crippen LogP contribution in [0.4, 0.5) is 0 Å². The number of likely N-dealkylation sites (tertiary alicyclic amines) is 1. The Balaban J connectivity index is 1.82. The molecule has 5 nitrogen and oxygen atoms in total. The Morgan fingerprint density at radius 2 is 2.20 bits per heavy atom. The van der Waals surface area contributed by atoms with Gasteiger partial charge in [0.2, 0.25) is 0 Å². The van der Waals surface area contributed by atoms with E-state index in [1.807, 2.05) is 30.3 Å². The maximum Gasteiger partial charge on any atom is 0.272 e. The molecule has 1 aliphatic rings. The second-order valence-corrected chi connectivity index (χ2v) is 5.01. The van der Waals surface area contributed by atoms with E-state index in [2.05, 4.69) is 10.2 Å². The molecule has 0 unspecified atom stereocenters. The fraction of sp³-hybridized carbons (Fsp3) is 0.333. The average Bonchev–Trinajstić information content (AvgIpc) is 3.16. The predicted octanol–water partition coefficient (Wildman–Crippen LogP) is 1.67. The van der Waals surface area contributed by atoms with Gasteiger partial charge in [-0.15, -0.1) is 0 Å². The number of aromatic amines is 1. The molecule has 1 aliphatic heterocycles. The molecule has 2 heterocycles. The van der Waals surface area contributed by atoms with Crippen molar-refractivity contribution in [1.82, 2.24) is 15.1 Å². The lowest BCUT2D eigenvalue weighted by Gasteiger charge is -2.21. The number of hydrogen-bond acceptors (Lipinski definition) is 3. The van der Waals surface area contributed by atoms with E-state index in [0.717, 1.165) is 24.1 Å². The number of aliphatic hydroxyl groups is 1. The Bertz CT molecular complexity index is 594. The Morgan fingerprint density at radius 1 is 1.40 bits per heavy atom. The van der Waals surface area contributed by atoms with Crippen LogP contribution in [0.3, 0.4) is 0 Å². The van der Waals surface area contributed by atoms with E-state index in [1.54, 1.807) is 11.0 Å². The number of carbonyl (C=O) groups is 1. The van der Waals surface area contributed by atoms with Crippen molar-refractivity contribution in [2.45, 2.75) is 18.9 Å². The summed E-state index contributed by atoms with van der Waals surface area (Å²) < 4.78 is 0. The lowest BCUT2D eigenvalue weighted by molar-refractivity contribution is 0.0671. The van der Waals surface area contributed by atoms with Gasteiger partial charge in [-0.1, -0.05) is 30.3 Å². The van der Waals surface area contributed by atoms with Gasteiger partial charge in [0, 0.05) is 12.1 Å². The maximum atomic E-state index is 12.4. The third kappa shape index (κ3) is 2.32. The number of H-pyrrole nitrogens is 1. The van der Waals surface area contributed by atoms with Gasteiger partial charge in [-0.25, -0.2) is 0 Å². The van der Waals surface area contributed by atoms with Crippen LogP contribution >= 0.6 is 0 Å². The van der Waals surface area contributed by atoms with Gasteiger partial charge in [0.05, 0.1) is 18.3 Å². The molecule has 1 amide bonds. The quantitative estimate of drug-likeness (QED) is 0.892.